The van der Waals surface area contributed by atoms with E-state index in [0.29, 0.717) is 6.54 Å². The maximum atomic E-state index is 10.0. The van der Waals surface area contributed by atoms with E-state index in [9.17, 15) is 10.2 Å². The van der Waals surface area contributed by atoms with Crippen molar-refractivity contribution in [3.8, 4) is 5.75 Å². The van der Waals surface area contributed by atoms with Crippen LogP contribution in [0.3, 0.4) is 0 Å². The van der Waals surface area contributed by atoms with Crippen molar-refractivity contribution in [1.29, 1.82) is 0 Å². The van der Waals surface area contributed by atoms with Gasteiger partial charge in [-0.3, -0.25) is 0 Å². The second kappa shape index (κ2) is 6.77. The van der Waals surface area contributed by atoms with Crippen LogP contribution in [0.2, 0.25) is 0 Å². The van der Waals surface area contributed by atoms with Gasteiger partial charge in [-0.25, -0.2) is 0 Å². The van der Waals surface area contributed by atoms with Crippen molar-refractivity contribution >= 4 is 0 Å². The quantitative estimate of drug-likeness (QED) is 0.779. The number of β-amino-alcohol motifs (C(OH)–C–C–N with tert-alkyl or cyclic N) is 1. The summed E-state index contributed by atoms with van der Waals surface area (Å²) in [5.74, 6) is 0.793. The van der Waals surface area contributed by atoms with E-state index in [0.717, 1.165) is 36.1 Å². The van der Waals surface area contributed by atoms with Gasteiger partial charge in [-0.2, -0.15) is 0 Å². The maximum Gasteiger partial charge on any atom is 0.122 e. The van der Waals surface area contributed by atoms with Crippen LogP contribution in [0.15, 0.2) is 18.2 Å². The third-order valence-electron chi connectivity index (χ3n) is 3.73. The molecule has 118 valence electrons. The summed E-state index contributed by atoms with van der Waals surface area (Å²) in [7, 11) is 0. The van der Waals surface area contributed by atoms with E-state index in [2.05, 4.69) is 26.1 Å². The van der Waals surface area contributed by atoms with Crippen molar-refractivity contribution in [3.05, 3.63) is 29.3 Å². The second-order valence-electron chi connectivity index (χ2n) is 6.83. The van der Waals surface area contributed by atoms with Gasteiger partial charge in [0.1, 0.15) is 18.5 Å². The summed E-state index contributed by atoms with van der Waals surface area (Å²) in [6.07, 6.45) is 1.79. The SMILES string of the molecule is CC(C)(C)NC[C@@H](O)COc1cccc2c1CCCC2O. The second-order valence-corrected chi connectivity index (χ2v) is 6.83. The van der Waals surface area contributed by atoms with E-state index in [1.807, 2.05) is 18.2 Å². The molecule has 1 unspecified atom stereocenters. The van der Waals surface area contributed by atoms with E-state index >= 15 is 0 Å². The third kappa shape index (κ3) is 4.70. The zero-order valence-corrected chi connectivity index (χ0v) is 13.2. The van der Waals surface area contributed by atoms with Crippen LogP contribution in [0, 0.1) is 0 Å². The molecule has 2 rings (SSSR count). The molecule has 1 aromatic carbocycles. The van der Waals surface area contributed by atoms with Gasteiger partial charge in [-0.1, -0.05) is 12.1 Å². The Balaban J connectivity index is 1.93. The Morgan fingerprint density at radius 1 is 1.38 bits per heavy atom. The molecule has 0 aromatic heterocycles. The first-order valence-corrected chi connectivity index (χ1v) is 7.72. The van der Waals surface area contributed by atoms with Gasteiger partial charge in [0, 0.05) is 12.1 Å². The first-order chi connectivity index (χ1) is 9.87. The van der Waals surface area contributed by atoms with Crippen molar-refractivity contribution in [2.75, 3.05) is 13.2 Å². The lowest BCUT2D eigenvalue weighted by Crippen LogP contribution is -2.42. The summed E-state index contributed by atoms with van der Waals surface area (Å²) in [5, 5.41) is 23.3. The van der Waals surface area contributed by atoms with Crippen LogP contribution in [0.1, 0.15) is 50.8 Å². The zero-order valence-electron chi connectivity index (χ0n) is 13.2. The fourth-order valence-corrected chi connectivity index (χ4v) is 2.59. The van der Waals surface area contributed by atoms with E-state index < -0.39 is 6.10 Å². The fourth-order valence-electron chi connectivity index (χ4n) is 2.59. The molecule has 21 heavy (non-hydrogen) atoms. The predicted octanol–water partition coefficient (Wildman–Crippen LogP) is 2.18. The molecule has 4 heteroatoms. The smallest absolute Gasteiger partial charge is 0.122 e. The molecule has 3 N–H and O–H groups in total. The molecule has 0 radical (unpaired) electrons. The number of fused-ring (bicyclic) bond motifs is 1. The van der Waals surface area contributed by atoms with Gasteiger partial charge in [-0.15, -0.1) is 0 Å². The highest BCUT2D eigenvalue weighted by Crippen LogP contribution is 2.35. The largest absolute Gasteiger partial charge is 0.491 e. The van der Waals surface area contributed by atoms with Gasteiger partial charge in [-0.05, 0) is 57.2 Å². The monoisotopic (exact) mass is 293 g/mol. The molecule has 4 nitrogen and oxygen atoms in total. The van der Waals surface area contributed by atoms with E-state index in [4.69, 9.17) is 4.74 Å². The van der Waals surface area contributed by atoms with Crippen molar-refractivity contribution in [2.45, 2.75) is 57.8 Å². The van der Waals surface area contributed by atoms with Crippen molar-refractivity contribution in [2.24, 2.45) is 0 Å². The summed E-state index contributed by atoms with van der Waals surface area (Å²) < 4.78 is 5.78. The van der Waals surface area contributed by atoms with Crippen LogP contribution in [0.5, 0.6) is 5.75 Å². The topological polar surface area (TPSA) is 61.7 Å². The Kier molecular flexibility index (Phi) is 5.25. The van der Waals surface area contributed by atoms with Gasteiger partial charge in [0.2, 0.25) is 0 Å². The van der Waals surface area contributed by atoms with Crippen LogP contribution < -0.4 is 10.1 Å². The van der Waals surface area contributed by atoms with Gasteiger partial charge < -0.3 is 20.3 Å². The summed E-state index contributed by atoms with van der Waals surface area (Å²) in [4.78, 5) is 0. The molecule has 1 aromatic rings. The molecule has 0 aliphatic heterocycles. The minimum absolute atomic E-state index is 0.0169. The lowest BCUT2D eigenvalue weighted by Gasteiger charge is -2.25. The highest BCUT2D eigenvalue weighted by molar-refractivity contribution is 5.42. The van der Waals surface area contributed by atoms with Crippen LogP contribution in [-0.2, 0) is 6.42 Å². The molecule has 0 fully saturated rings. The highest BCUT2D eigenvalue weighted by atomic mass is 16.5. The number of rotatable bonds is 5. The first kappa shape index (κ1) is 16.3. The molecule has 1 aliphatic carbocycles. The number of aliphatic hydroxyl groups excluding tert-OH is 2. The Bertz CT molecular complexity index is 468. The Morgan fingerprint density at radius 2 is 2.14 bits per heavy atom. The van der Waals surface area contributed by atoms with Crippen molar-refractivity contribution < 1.29 is 14.9 Å². The molecule has 0 saturated carbocycles. The lowest BCUT2D eigenvalue weighted by atomic mass is 9.89. The minimum atomic E-state index is -0.548. The summed E-state index contributed by atoms with van der Waals surface area (Å²) in [5.41, 5.74) is 2.05. The number of aliphatic hydroxyl groups is 2. The average molecular weight is 293 g/mol. The lowest BCUT2D eigenvalue weighted by molar-refractivity contribution is 0.0985. The molecule has 0 bridgehead atoms. The normalized spacial score (nSPS) is 20.0. The summed E-state index contributed by atoms with van der Waals surface area (Å²) in [6, 6.07) is 5.78. The zero-order chi connectivity index (χ0) is 15.5. The maximum absolute atomic E-state index is 10.0. The fraction of sp³-hybridized carbons (Fsp3) is 0.647. The van der Waals surface area contributed by atoms with E-state index in [-0.39, 0.29) is 18.2 Å². The minimum Gasteiger partial charge on any atom is -0.491 e. The van der Waals surface area contributed by atoms with E-state index in [1.54, 1.807) is 0 Å². The van der Waals surface area contributed by atoms with Crippen LogP contribution in [0.4, 0.5) is 0 Å². The number of hydrogen-bond acceptors (Lipinski definition) is 4. The summed E-state index contributed by atoms with van der Waals surface area (Å²) >= 11 is 0. The third-order valence-corrected chi connectivity index (χ3v) is 3.73. The summed E-state index contributed by atoms with van der Waals surface area (Å²) in [6.45, 7) is 6.96. The van der Waals surface area contributed by atoms with Gasteiger partial charge in [0.25, 0.3) is 0 Å². The average Bonchev–Trinajstić information content (AvgIpc) is 2.42. The Labute approximate surface area is 127 Å². The molecular weight excluding hydrogens is 266 g/mol. The van der Waals surface area contributed by atoms with Gasteiger partial charge in [0.15, 0.2) is 0 Å². The highest BCUT2D eigenvalue weighted by Gasteiger charge is 2.21. The molecule has 1 aliphatic rings. The Morgan fingerprint density at radius 3 is 2.86 bits per heavy atom. The standard InChI is InChI=1S/C17H27NO3/c1-17(2,3)18-10-12(19)11-21-16-9-5-6-13-14(16)7-4-8-15(13)20/h5-6,9,12,15,18-20H,4,7-8,10-11H2,1-3H3/t12-,15?/m1/s1. The van der Waals surface area contributed by atoms with Crippen LogP contribution in [0.25, 0.3) is 0 Å². The Hall–Kier alpha value is -1.10. The van der Waals surface area contributed by atoms with Gasteiger partial charge >= 0.3 is 0 Å². The molecule has 0 heterocycles. The number of ether oxygens (including phenoxy) is 1. The first-order valence-electron chi connectivity index (χ1n) is 7.72. The number of hydrogen-bond donors (Lipinski definition) is 3. The van der Waals surface area contributed by atoms with Crippen molar-refractivity contribution in [1.82, 2.24) is 5.32 Å². The molecule has 2 atom stereocenters. The number of benzene rings is 1. The molecule has 0 saturated heterocycles. The molecule has 0 spiro atoms. The van der Waals surface area contributed by atoms with Gasteiger partial charge in [0.05, 0.1) is 6.10 Å². The van der Waals surface area contributed by atoms with Crippen LogP contribution in [-0.4, -0.2) is 35.0 Å². The number of nitrogens with one attached hydrogen (secondary N) is 1. The molecule has 0 amide bonds. The van der Waals surface area contributed by atoms with E-state index in [1.165, 1.54) is 0 Å². The van der Waals surface area contributed by atoms with Crippen LogP contribution >= 0.6 is 0 Å². The molecular formula is C17H27NO3. The van der Waals surface area contributed by atoms with Crippen molar-refractivity contribution in [3.63, 3.8) is 0 Å². The predicted molar refractivity (Wildman–Crippen MR) is 83.6 cm³/mol.